The zero-order valence-corrected chi connectivity index (χ0v) is 16.7. The zero-order valence-electron chi connectivity index (χ0n) is 16.7. The minimum Gasteiger partial charge on any atom is -0.364 e. The van der Waals surface area contributed by atoms with Gasteiger partial charge in [0.2, 0.25) is 5.91 Å². The van der Waals surface area contributed by atoms with Crippen LogP contribution in [0.1, 0.15) is 47.8 Å². The summed E-state index contributed by atoms with van der Waals surface area (Å²) in [6, 6.07) is 2.84. The van der Waals surface area contributed by atoms with Gasteiger partial charge in [0, 0.05) is 31.2 Å². The minimum atomic E-state index is -0.669. The lowest BCUT2D eigenvalue weighted by molar-refractivity contribution is -0.139. The Morgan fingerprint density at radius 2 is 1.87 bits per heavy atom. The molecule has 1 aliphatic heterocycles. The van der Waals surface area contributed by atoms with Gasteiger partial charge in [-0.3, -0.25) is 14.3 Å². The number of aromatic nitrogens is 3. The Morgan fingerprint density at radius 1 is 1.13 bits per heavy atom. The van der Waals surface area contributed by atoms with E-state index in [0.717, 1.165) is 18.9 Å². The minimum absolute atomic E-state index is 0.1000. The molecular weight excluding hydrogens is 406 g/mol. The number of primary amides is 1. The highest BCUT2D eigenvalue weighted by atomic mass is 19.1. The van der Waals surface area contributed by atoms with E-state index < -0.39 is 23.6 Å². The second-order valence-electron chi connectivity index (χ2n) is 8.63. The van der Waals surface area contributed by atoms with E-state index in [1.165, 1.54) is 23.3 Å². The molecule has 2 aromatic rings. The van der Waals surface area contributed by atoms with Crippen molar-refractivity contribution >= 4 is 18.0 Å². The molecule has 0 saturated heterocycles. The first kappa shape index (κ1) is 19.8. The zero-order chi connectivity index (χ0) is 21.7. The van der Waals surface area contributed by atoms with Crippen LogP contribution >= 0.6 is 0 Å². The Balaban J connectivity index is 1.32. The Hall–Kier alpha value is -3.17. The maximum Gasteiger partial charge on any atom is 0.270 e. The first-order valence-electron chi connectivity index (χ1n) is 10.4. The summed E-state index contributed by atoms with van der Waals surface area (Å²) in [7, 11) is 0. The lowest BCUT2D eigenvalue weighted by Crippen LogP contribution is -2.38. The largest absolute Gasteiger partial charge is 0.364 e. The van der Waals surface area contributed by atoms with Crippen molar-refractivity contribution in [3.8, 4) is 0 Å². The summed E-state index contributed by atoms with van der Waals surface area (Å²) < 4.78 is 29.0. The molecule has 1 aromatic carbocycles. The predicted molar refractivity (Wildman–Crippen MR) is 105 cm³/mol. The normalized spacial score (nSPS) is 29.1. The van der Waals surface area contributed by atoms with Crippen LogP contribution in [-0.4, -0.2) is 38.0 Å². The van der Waals surface area contributed by atoms with Gasteiger partial charge in [-0.1, -0.05) is 5.21 Å². The molecule has 8 nitrogen and oxygen atoms in total. The Labute approximate surface area is 177 Å². The molecule has 2 saturated carbocycles. The number of carbonyl (C=O) groups excluding carboxylic acids is 2. The van der Waals surface area contributed by atoms with Gasteiger partial charge in [-0.05, 0) is 54.7 Å². The Bertz CT molecular complexity index is 1050. The molecule has 5 atom stereocenters. The topological polar surface area (TPSA) is 106 Å². The molecule has 1 aromatic heterocycles. The lowest BCUT2D eigenvalue weighted by Gasteiger charge is -2.37. The highest BCUT2D eigenvalue weighted by Crippen LogP contribution is 2.55. The Morgan fingerprint density at radius 3 is 2.52 bits per heavy atom. The summed E-state index contributed by atoms with van der Waals surface area (Å²) in [6.45, 7) is 0.563. The van der Waals surface area contributed by atoms with Crippen molar-refractivity contribution in [1.82, 2.24) is 20.0 Å². The molecule has 0 spiro atoms. The fourth-order valence-electron chi connectivity index (χ4n) is 5.39. The van der Waals surface area contributed by atoms with Crippen LogP contribution in [0.5, 0.6) is 0 Å². The number of hydrogen-bond acceptors (Lipinski definition) is 5. The molecular formula is C21H22F2N6O2. The van der Waals surface area contributed by atoms with Crippen LogP contribution in [-0.2, 0) is 11.3 Å². The summed E-state index contributed by atoms with van der Waals surface area (Å²) in [5, 5.41) is 13.4. The number of rotatable bonds is 5. The quantitative estimate of drug-likeness (QED) is 0.788. The van der Waals surface area contributed by atoms with E-state index in [1.54, 1.807) is 10.9 Å². The molecule has 10 heteroatoms. The summed E-state index contributed by atoms with van der Waals surface area (Å²) >= 11 is 0. The third-order valence-corrected chi connectivity index (χ3v) is 6.92. The molecule has 2 N–H and O–H groups in total. The number of halogens is 2. The van der Waals surface area contributed by atoms with Crippen molar-refractivity contribution in [1.29, 1.82) is 0 Å². The van der Waals surface area contributed by atoms with Gasteiger partial charge >= 0.3 is 0 Å². The molecule has 162 valence electrons. The first-order valence-corrected chi connectivity index (χ1v) is 10.4. The maximum atomic E-state index is 13.7. The van der Waals surface area contributed by atoms with E-state index in [-0.39, 0.29) is 29.4 Å². The van der Waals surface area contributed by atoms with Crippen LogP contribution in [0.25, 0.3) is 0 Å². The highest BCUT2D eigenvalue weighted by molar-refractivity contribution is 5.90. The first-order chi connectivity index (χ1) is 14.9. The number of benzene rings is 1. The molecule has 3 aliphatic rings. The molecule has 2 fully saturated rings. The van der Waals surface area contributed by atoms with Crippen LogP contribution in [0.15, 0.2) is 29.5 Å². The lowest BCUT2D eigenvalue weighted by atomic mass is 9.70. The van der Waals surface area contributed by atoms with Crippen LogP contribution < -0.4 is 5.73 Å². The van der Waals surface area contributed by atoms with Crippen LogP contribution in [0.2, 0.25) is 0 Å². The third kappa shape index (κ3) is 3.49. The van der Waals surface area contributed by atoms with Crippen LogP contribution in [0, 0.1) is 35.3 Å². The van der Waals surface area contributed by atoms with Crippen LogP contribution in [0.3, 0.4) is 0 Å². The summed E-state index contributed by atoms with van der Waals surface area (Å²) in [4.78, 5) is 24.7. The standard InChI is InChI=1S/C21H22F2N6O2/c22-13-5-11(6-14(23)8-13)19-3-4-25-29(19)21(31)17-7-12(15-1-2-16(15)17)9-28-10-18(20(24)30)26-27-28/h4-6,8,10,12,15-17,19H,1-3,7,9H2,(H2,24,30)/t12?,15?,16?,17-,19?/m0/s1. The second-order valence-corrected chi connectivity index (χ2v) is 8.63. The molecule has 31 heavy (non-hydrogen) atoms. The number of amides is 2. The number of hydrogen-bond donors (Lipinski definition) is 1. The number of hydrazone groups is 1. The molecule has 2 amide bonds. The van der Waals surface area contributed by atoms with E-state index in [1.807, 2.05) is 0 Å². The SMILES string of the molecule is NC(=O)c1cn(CC2C[C@H](C(=O)N3N=CCC3c3cc(F)cc(F)c3)C3CCC23)nn1. The third-order valence-electron chi connectivity index (χ3n) is 6.92. The summed E-state index contributed by atoms with van der Waals surface area (Å²) in [5.41, 5.74) is 5.77. The van der Waals surface area contributed by atoms with E-state index in [2.05, 4.69) is 15.4 Å². The maximum absolute atomic E-state index is 13.7. The van der Waals surface area contributed by atoms with E-state index in [9.17, 15) is 18.4 Å². The number of carbonyl (C=O) groups is 2. The van der Waals surface area contributed by atoms with E-state index >= 15 is 0 Å². The average molecular weight is 428 g/mol. The number of fused-ring (bicyclic) bond motifs is 1. The molecule has 2 aliphatic carbocycles. The molecule has 0 bridgehead atoms. The summed E-state index contributed by atoms with van der Waals surface area (Å²) in [6.07, 6.45) is 6.27. The average Bonchev–Trinajstić information content (AvgIpc) is 3.39. The van der Waals surface area contributed by atoms with E-state index in [4.69, 9.17) is 5.73 Å². The van der Waals surface area contributed by atoms with Crippen molar-refractivity contribution in [2.75, 3.05) is 0 Å². The Kier molecular flexibility index (Phi) is 4.79. The van der Waals surface area contributed by atoms with Gasteiger partial charge < -0.3 is 5.73 Å². The summed E-state index contributed by atoms with van der Waals surface area (Å²) in [5.74, 6) is -1.37. The molecule has 4 unspecified atom stereocenters. The molecule has 0 radical (unpaired) electrons. The number of nitrogens with two attached hydrogens (primary N) is 1. The van der Waals surface area contributed by atoms with Gasteiger partial charge in [-0.15, -0.1) is 5.10 Å². The van der Waals surface area contributed by atoms with Crippen molar-refractivity contribution < 1.29 is 18.4 Å². The van der Waals surface area contributed by atoms with Crippen molar-refractivity contribution in [3.63, 3.8) is 0 Å². The predicted octanol–water partition coefficient (Wildman–Crippen LogP) is 2.28. The van der Waals surface area contributed by atoms with Crippen LogP contribution in [0.4, 0.5) is 8.78 Å². The monoisotopic (exact) mass is 428 g/mol. The van der Waals surface area contributed by atoms with Gasteiger partial charge in [0.1, 0.15) is 11.6 Å². The van der Waals surface area contributed by atoms with Gasteiger partial charge in [-0.25, -0.2) is 13.8 Å². The number of nitrogens with zero attached hydrogens (tertiary/aromatic N) is 5. The van der Waals surface area contributed by atoms with Gasteiger partial charge in [0.05, 0.1) is 12.2 Å². The highest BCUT2D eigenvalue weighted by Gasteiger charge is 2.52. The fourth-order valence-corrected chi connectivity index (χ4v) is 5.39. The fraction of sp³-hybridized carbons (Fsp3) is 0.476. The second kappa shape index (κ2) is 7.51. The van der Waals surface area contributed by atoms with Gasteiger partial charge in [0.15, 0.2) is 5.69 Å². The van der Waals surface area contributed by atoms with Crippen molar-refractivity contribution in [2.45, 2.75) is 38.3 Å². The molecule has 5 rings (SSSR count). The van der Waals surface area contributed by atoms with Crippen molar-refractivity contribution in [2.24, 2.45) is 34.5 Å². The van der Waals surface area contributed by atoms with E-state index in [0.29, 0.717) is 30.9 Å². The molecule has 2 heterocycles. The van der Waals surface area contributed by atoms with Crippen molar-refractivity contribution in [3.05, 3.63) is 47.3 Å². The smallest absolute Gasteiger partial charge is 0.270 e. The van der Waals surface area contributed by atoms with Gasteiger partial charge in [0.25, 0.3) is 5.91 Å². The van der Waals surface area contributed by atoms with Gasteiger partial charge in [-0.2, -0.15) is 5.10 Å².